The summed E-state index contributed by atoms with van der Waals surface area (Å²) in [6.07, 6.45) is 6.72. The molecule has 0 radical (unpaired) electrons. The van der Waals surface area contributed by atoms with Gasteiger partial charge in [-0.05, 0) is 43.9 Å². The van der Waals surface area contributed by atoms with Gasteiger partial charge in [-0.2, -0.15) is 0 Å². The molecule has 1 unspecified atom stereocenters. The lowest BCUT2D eigenvalue weighted by molar-refractivity contribution is 0.351. The summed E-state index contributed by atoms with van der Waals surface area (Å²) < 4.78 is 0. The van der Waals surface area contributed by atoms with E-state index in [0.29, 0.717) is 0 Å². The van der Waals surface area contributed by atoms with Gasteiger partial charge in [-0.1, -0.05) is 13.8 Å². The van der Waals surface area contributed by atoms with E-state index in [1.165, 1.54) is 56.0 Å². The van der Waals surface area contributed by atoms with Gasteiger partial charge in [-0.3, -0.25) is 0 Å². The number of rotatable bonds is 5. The molecule has 1 atom stereocenters. The Morgan fingerprint density at radius 1 is 1.30 bits per heavy atom. The highest BCUT2D eigenvalue weighted by molar-refractivity contribution is 7.13. The normalized spacial score (nSPS) is 24.1. The first kappa shape index (κ1) is 14.3. The molecule has 3 rings (SSSR count). The van der Waals surface area contributed by atoms with Gasteiger partial charge in [-0.15, -0.1) is 11.3 Å². The maximum atomic E-state index is 4.83. The molecule has 1 aliphatic heterocycles. The van der Waals surface area contributed by atoms with Crippen LogP contribution in [0.1, 0.15) is 51.6 Å². The van der Waals surface area contributed by atoms with Crippen LogP contribution in [-0.2, 0) is 6.54 Å². The van der Waals surface area contributed by atoms with Gasteiger partial charge in [0.2, 0.25) is 0 Å². The maximum Gasteiger partial charge on any atom is 0.185 e. The quantitative estimate of drug-likeness (QED) is 0.898. The standard InChI is InChI=1S/C16H27N3S/c1-12(2)13-4-3-8-19(9-7-13)16-18-15(11-20-16)10-17-14-5-6-14/h11-14,17H,3-10H2,1-2H3. The highest BCUT2D eigenvalue weighted by Crippen LogP contribution is 2.29. The Hall–Kier alpha value is -0.610. The fourth-order valence-corrected chi connectivity index (χ4v) is 3.92. The van der Waals surface area contributed by atoms with E-state index in [1.54, 1.807) is 0 Å². The van der Waals surface area contributed by atoms with Crippen molar-refractivity contribution in [3.8, 4) is 0 Å². The second-order valence-corrected chi connectivity index (χ2v) is 7.54. The van der Waals surface area contributed by atoms with Crippen molar-refractivity contribution in [3.05, 3.63) is 11.1 Å². The van der Waals surface area contributed by atoms with Crippen LogP contribution < -0.4 is 10.2 Å². The molecule has 4 heteroatoms. The monoisotopic (exact) mass is 293 g/mol. The molecule has 0 amide bonds. The highest BCUT2D eigenvalue weighted by atomic mass is 32.1. The summed E-state index contributed by atoms with van der Waals surface area (Å²) in [6, 6.07) is 0.769. The number of nitrogens with one attached hydrogen (secondary N) is 1. The number of thiazole rings is 1. The fraction of sp³-hybridized carbons (Fsp3) is 0.812. The van der Waals surface area contributed by atoms with Crippen molar-refractivity contribution in [1.82, 2.24) is 10.3 Å². The average Bonchev–Trinajstić information content (AvgIpc) is 3.19. The number of aromatic nitrogens is 1. The molecule has 1 N–H and O–H groups in total. The summed E-state index contributed by atoms with van der Waals surface area (Å²) in [7, 11) is 0. The van der Waals surface area contributed by atoms with E-state index in [4.69, 9.17) is 4.98 Å². The van der Waals surface area contributed by atoms with Crippen molar-refractivity contribution < 1.29 is 0 Å². The van der Waals surface area contributed by atoms with Gasteiger partial charge in [0.15, 0.2) is 5.13 Å². The number of hydrogen-bond acceptors (Lipinski definition) is 4. The highest BCUT2D eigenvalue weighted by Gasteiger charge is 2.22. The topological polar surface area (TPSA) is 28.2 Å². The molecular formula is C16H27N3S. The lowest BCUT2D eigenvalue weighted by Gasteiger charge is -2.20. The number of nitrogens with zero attached hydrogens (tertiary/aromatic N) is 2. The minimum Gasteiger partial charge on any atom is -0.348 e. The van der Waals surface area contributed by atoms with Crippen molar-refractivity contribution in [1.29, 1.82) is 0 Å². The third-order valence-electron chi connectivity index (χ3n) is 4.67. The van der Waals surface area contributed by atoms with Crippen LogP contribution in [0.4, 0.5) is 5.13 Å². The Bertz CT molecular complexity index is 425. The van der Waals surface area contributed by atoms with Crippen LogP contribution in [-0.4, -0.2) is 24.1 Å². The predicted molar refractivity (Wildman–Crippen MR) is 86.4 cm³/mol. The molecule has 1 aromatic heterocycles. The predicted octanol–water partition coefficient (Wildman–Crippen LogP) is 3.66. The second-order valence-electron chi connectivity index (χ2n) is 6.70. The summed E-state index contributed by atoms with van der Waals surface area (Å²) in [4.78, 5) is 7.33. The lowest BCUT2D eigenvalue weighted by Crippen LogP contribution is -2.24. The smallest absolute Gasteiger partial charge is 0.185 e. The molecule has 20 heavy (non-hydrogen) atoms. The fourth-order valence-electron chi connectivity index (χ4n) is 3.04. The first-order chi connectivity index (χ1) is 9.72. The molecule has 3 nitrogen and oxygen atoms in total. The molecule has 1 saturated heterocycles. The Kier molecular flexibility index (Phi) is 4.61. The van der Waals surface area contributed by atoms with E-state index < -0.39 is 0 Å². The molecule has 2 heterocycles. The van der Waals surface area contributed by atoms with Gasteiger partial charge in [-0.25, -0.2) is 4.98 Å². The Balaban J connectivity index is 1.55. The van der Waals surface area contributed by atoms with E-state index in [0.717, 1.165) is 24.4 Å². The van der Waals surface area contributed by atoms with Gasteiger partial charge >= 0.3 is 0 Å². The van der Waals surface area contributed by atoms with Crippen LogP contribution in [0.2, 0.25) is 0 Å². The van der Waals surface area contributed by atoms with E-state index in [9.17, 15) is 0 Å². The molecule has 1 saturated carbocycles. The zero-order valence-electron chi connectivity index (χ0n) is 12.8. The maximum absolute atomic E-state index is 4.83. The number of anilines is 1. The average molecular weight is 293 g/mol. The second kappa shape index (κ2) is 6.44. The molecule has 2 fully saturated rings. The molecule has 0 bridgehead atoms. The van der Waals surface area contributed by atoms with Crippen molar-refractivity contribution in [2.45, 2.75) is 58.5 Å². The largest absolute Gasteiger partial charge is 0.348 e. The minimum atomic E-state index is 0.769. The van der Waals surface area contributed by atoms with Gasteiger partial charge < -0.3 is 10.2 Å². The summed E-state index contributed by atoms with van der Waals surface area (Å²) in [5.74, 6) is 1.72. The van der Waals surface area contributed by atoms with E-state index >= 15 is 0 Å². The molecule has 2 aliphatic rings. The van der Waals surface area contributed by atoms with Crippen LogP contribution >= 0.6 is 11.3 Å². The third kappa shape index (κ3) is 3.73. The molecule has 1 aromatic rings. The SMILES string of the molecule is CC(C)C1CCCN(c2nc(CNC3CC3)cs2)CC1. The lowest BCUT2D eigenvalue weighted by atomic mass is 9.89. The molecule has 0 aromatic carbocycles. The zero-order valence-corrected chi connectivity index (χ0v) is 13.6. The Labute approximate surface area is 126 Å². The van der Waals surface area contributed by atoms with Crippen molar-refractivity contribution in [2.24, 2.45) is 11.8 Å². The van der Waals surface area contributed by atoms with Crippen LogP contribution in [0, 0.1) is 11.8 Å². The Morgan fingerprint density at radius 3 is 2.90 bits per heavy atom. The van der Waals surface area contributed by atoms with E-state index in [2.05, 4.69) is 29.4 Å². The van der Waals surface area contributed by atoms with Gasteiger partial charge in [0.1, 0.15) is 0 Å². The summed E-state index contributed by atoms with van der Waals surface area (Å²) in [6.45, 7) is 8.05. The third-order valence-corrected chi connectivity index (χ3v) is 5.63. The van der Waals surface area contributed by atoms with E-state index in [-0.39, 0.29) is 0 Å². The Morgan fingerprint density at radius 2 is 2.15 bits per heavy atom. The summed E-state index contributed by atoms with van der Waals surface area (Å²) in [5.41, 5.74) is 1.22. The van der Waals surface area contributed by atoms with E-state index in [1.807, 2.05) is 11.3 Å². The summed E-state index contributed by atoms with van der Waals surface area (Å²) in [5, 5.41) is 7.02. The van der Waals surface area contributed by atoms with Crippen molar-refractivity contribution in [3.63, 3.8) is 0 Å². The molecule has 1 aliphatic carbocycles. The number of hydrogen-bond donors (Lipinski definition) is 1. The first-order valence-electron chi connectivity index (χ1n) is 8.15. The van der Waals surface area contributed by atoms with Gasteiger partial charge in [0.05, 0.1) is 5.69 Å². The van der Waals surface area contributed by atoms with Crippen molar-refractivity contribution >= 4 is 16.5 Å². The zero-order chi connectivity index (χ0) is 13.9. The molecular weight excluding hydrogens is 266 g/mol. The van der Waals surface area contributed by atoms with Crippen molar-refractivity contribution in [2.75, 3.05) is 18.0 Å². The molecule has 112 valence electrons. The summed E-state index contributed by atoms with van der Waals surface area (Å²) >= 11 is 1.82. The van der Waals surface area contributed by atoms with Crippen LogP contribution in [0.5, 0.6) is 0 Å². The first-order valence-corrected chi connectivity index (χ1v) is 9.03. The van der Waals surface area contributed by atoms with Gasteiger partial charge in [0.25, 0.3) is 0 Å². The van der Waals surface area contributed by atoms with Crippen LogP contribution in [0.15, 0.2) is 5.38 Å². The molecule has 0 spiro atoms. The van der Waals surface area contributed by atoms with Crippen LogP contribution in [0.3, 0.4) is 0 Å². The van der Waals surface area contributed by atoms with Gasteiger partial charge in [0, 0.05) is 31.1 Å². The minimum absolute atomic E-state index is 0.769. The van der Waals surface area contributed by atoms with Crippen LogP contribution in [0.25, 0.3) is 0 Å².